The molecule has 0 spiro atoms. The van der Waals surface area contributed by atoms with Crippen LogP contribution in [0.1, 0.15) is 43.2 Å². The molecule has 0 saturated carbocycles. The second-order valence-corrected chi connectivity index (χ2v) is 6.76. The second kappa shape index (κ2) is 5.71. The zero-order valence-corrected chi connectivity index (χ0v) is 14.1. The van der Waals surface area contributed by atoms with E-state index in [1.54, 1.807) is 6.20 Å². The smallest absolute Gasteiger partial charge is 0.337 e. The summed E-state index contributed by atoms with van der Waals surface area (Å²) in [6.45, 7) is 10.1. The molecule has 0 aliphatic carbocycles. The van der Waals surface area contributed by atoms with Gasteiger partial charge in [-0.2, -0.15) is 0 Å². The van der Waals surface area contributed by atoms with Gasteiger partial charge in [-0.15, -0.1) is 0 Å². The van der Waals surface area contributed by atoms with Crippen LogP contribution in [-0.4, -0.2) is 16.1 Å². The third-order valence-electron chi connectivity index (χ3n) is 4.57. The Morgan fingerprint density at radius 2 is 1.96 bits per heavy atom. The number of hydrogen-bond acceptors (Lipinski definition) is 2. The van der Waals surface area contributed by atoms with Gasteiger partial charge < -0.3 is 14.8 Å². The van der Waals surface area contributed by atoms with Crippen LogP contribution in [0.3, 0.4) is 0 Å². The van der Waals surface area contributed by atoms with E-state index in [-0.39, 0.29) is 11.0 Å². The molecule has 0 bridgehead atoms. The first-order valence-corrected chi connectivity index (χ1v) is 7.88. The fraction of sp³-hybridized carbons (Fsp3) is 0.250. The molecular formula is C20H21NO3. The van der Waals surface area contributed by atoms with Gasteiger partial charge in [0.15, 0.2) is 0 Å². The predicted octanol–water partition coefficient (Wildman–Crippen LogP) is 5.07. The van der Waals surface area contributed by atoms with Crippen molar-refractivity contribution in [1.82, 2.24) is 4.98 Å². The average molecular weight is 323 g/mol. The highest BCUT2D eigenvalue weighted by Gasteiger charge is 2.35. The average Bonchev–Trinajstić information content (AvgIpc) is 3.09. The highest BCUT2D eigenvalue weighted by molar-refractivity contribution is 5.99. The van der Waals surface area contributed by atoms with Crippen LogP contribution in [0.5, 0.6) is 0 Å². The second-order valence-electron chi connectivity index (χ2n) is 6.76. The van der Waals surface area contributed by atoms with Crippen LogP contribution in [0.4, 0.5) is 0 Å². The van der Waals surface area contributed by atoms with E-state index in [0.717, 1.165) is 34.8 Å². The van der Waals surface area contributed by atoms with E-state index in [1.165, 1.54) is 0 Å². The number of benzene rings is 1. The third kappa shape index (κ3) is 2.64. The Morgan fingerprint density at radius 3 is 2.50 bits per heavy atom. The number of aromatic amines is 1. The number of H-pyrrole nitrogens is 1. The SMILES string of the molecule is C=C1OC(=C(C)c2[nH]cc(C(=O)O)c2-c2ccccc2)CC1(C)C. The summed E-state index contributed by atoms with van der Waals surface area (Å²) in [6, 6.07) is 9.54. The van der Waals surface area contributed by atoms with Crippen molar-refractivity contribution in [3.05, 3.63) is 65.9 Å². The quantitative estimate of drug-likeness (QED) is 0.829. The molecule has 1 aromatic carbocycles. The molecule has 2 N–H and O–H groups in total. The molecule has 0 unspecified atom stereocenters. The number of allylic oxidation sites excluding steroid dienone is 3. The highest BCUT2D eigenvalue weighted by Crippen LogP contribution is 2.45. The molecule has 2 heterocycles. The first-order chi connectivity index (χ1) is 11.3. The summed E-state index contributed by atoms with van der Waals surface area (Å²) in [7, 11) is 0. The molecule has 0 amide bonds. The molecule has 0 radical (unpaired) electrons. The molecule has 0 atom stereocenters. The number of carboxylic acid groups (broad SMARTS) is 1. The number of aromatic carboxylic acids is 1. The summed E-state index contributed by atoms with van der Waals surface area (Å²) in [6.07, 6.45) is 2.28. The number of aromatic nitrogens is 1. The third-order valence-corrected chi connectivity index (χ3v) is 4.57. The van der Waals surface area contributed by atoms with Crippen LogP contribution in [-0.2, 0) is 4.74 Å². The zero-order valence-electron chi connectivity index (χ0n) is 14.1. The molecule has 3 rings (SSSR count). The number of carbonyl (C=O) groups is 1. The number of nitrogens with one attached hydrogen (secondary N) is 1. The van der Waals surface area contributed by atoms with Crippen LogP contribution in [0.15, 0.2) is 54.6 Å². The Kier molecular flexibility index (Phi) is 3.84. The normalized spacial score (nSPS) is 18.4. The number of carboxylic acids is 1. The minimum Gasteiger partial charge on any atom is -0.478 e. The lowest BCUT2D eigenvalue weighted by Gasteiger charge is -2.13. The lowest BCUT2D eigenvalue weighted by molar-refractivity contribution is 0.0698. The maximum atomic E-state index is 11.6. The number of rotatable bonds is 3. The summed E-state index contributed by atoms with van der Waals surface area (Å²) in [5.74, 6) is 0.621. The van der Waals surface area contributed by atoms with Gasteiger partial charge in [0.1, 0.15) is 11.5 Å². The Morgan fingerprint density at radius 1 is 1.29 bits per heavy atom. The van der Waals surface area contributed by atoms with Crippen LogP contribution in [0.25, 0.3) is 16.7 Å². The largest absolute Gasteiger partial charge is 0.478 e. The van der Waals surface area contributed by atoms with Gasteiger partial charge in [-0.3, -0.25) is 0 Å². The van der Waals surface area contributed by atoms with Gasteiger partial charge in [0.25, 0.3) is 0 Å². The topological polar surface area (TPSA) is 62.3 Å². The van der Waals surface area contributed by atoms with E-state index in [0.29, 0.717) is 5.56 Å². The maximum Gasteiger partial charge on any atom is 0.337 e. The van der Waals surface area contributed by atoms with Crippen molar-refractivity contribution >= 4 is 11.5 Å². The number of hydrogen-bond donors (Lipinski definition) is 2. The first-order valence-electron chi connectivity index (χ1n) is 7.88. The monoisotopic (exact) mass is 323 g/mol. The molecule has 24 heavy (non-hydrogen) atoms. The van der Waals surface area contributed by atoms with Crippen molar-refractivity contribution in [2.45, 2.75) is 27.2 Å². The van der Waals surface area contributed by atoms with Gasteiger partial charge in [0.2, 0.25) is 0 Å². The van der Waals surface area contributed by atoms with Gasteiger partial charge in [-0.1, -0.05) is 50.8 Å². The number of ether oxygens (including phenoxy) is 1. The predicted molar refractivity (Wildman–Crippen MR) is 94.4 cm³/mol. The van der Waals surface area contributed by atoms with Gasteiger partial charge >= 0.3 is 5.97 Å². The van der Waals surface area contributed by atoms with Gasteiger partial charge in [-0.05, 0) is 12.5 Å². The molecule has 4 heteroatoms. The highest BCUT2D eigenvalue weighted by atomic mass is 16.5. The first kappa shape index (κ1) is 16.1. The Bertz CT molecular complexity index is 841. The van der Waals surface area contributed by atoms with Crippen molar-refractivity contribution < 1.29 is 14.6 Å². The van der Waals surface area contributed by atoms with Gasteiger partial charge in [-0.25, -0.2) is 4.79 Å². The maximum absolute atomic E-state index is 11.6. The molecular weight excluding hydrogens is 302 g/mol. The van der Waals surface area contributed by atoms with E-state index < -0.39 is 5.97 Å². The van der Waals surface area contributed by atoms with Crippen LogP contribution in [0.2, 0.25) is 0 Å². The molecule has 1 aromatic heterocycles. The zero-order chi connectivity index (χ0) is 17.5. The summed E-state index contributed by atoms with van der Waals surface area (Å²) >= 11 is 0. The fourth-order valence-corrected chi connectivity index (χ4v) is 2.96. The van der Waals surface area contributed by atoms with Crippen LogP contribution in [0, 0.1) is 5.41 Å². The standard InChI is InChI=1S/C20H21NO3/c1-12(16-10-20(3,4)13(2)24-16)18-17(14-8-6-5-7-9-14)15(11-21-18)19(22)23/h5-9,11,21H,2,10H2,1,3-4H3,(H,22,23). The van der Waals surface area contributed by atoms with Crippen molar-refractivity contribution in [2.75, 3.05) is 0 Å². The van der Waals surface area contributed by atoms with Crippen molar-refractivity contribution in [3.8, 4) is 11.1 Å². The molecule has 1 aliphatic rings. The van der Waals surface area contributed by atoms with E-state index in [9.17, 15) is 9.90 Å². The van der Waals surface area contributed by atoms with Gasteiger partial charge in [0, 0.05) is 29.2 Å². The molecule has 1 aliphatic heterocycles. The van der Waals surface area contributed by atoms with Gasteiger partial charge in [0.05, 0.1) is 11.3 Å². The Balaban J connectivity index is 2.16. The summed E-state index contributed by atoms with van der Waals surface area (Å²) in [5, 5.41) is 9.53. The molecule has 1 saturated heterocycles. The summed E-state index contributed by atoms with van der Waals surface area (Å²) < 4.78 is 5.87. The van der Waals surface area contributed by atoms with Crippen molar-refractivity contribution in [2.24, 2.45) is 5.41 Å². The molecule has 4 nitrogen and oxygen atoms in total. The molecule has 2 aromatic rings. The van der Waals surface area contributed by atoms with E-state index in [1.807, 2.05) is 37.3 Å². The Labute approximate surface area is 141 Å². The van der Waals surface area contributed by atoms with Crippen LogP contribution < -0.4 is 0 Å². The lowest BCUT2D eigenvalue weighted by Crippen LogP contribution is -2.06. The summed E-state index contributed by atoms with van der Waals surface area (Å²) in [5.41, 5.74) is 3.37. The minimum atomic E-state index is -0.953. The molecule has 124 valence electrons. The van der Waals surface area contributed by atoms with Crippen molar-refractivity contribution in [1.29, 1.82) is 0 Å². The lowest BCUT2D eigenvalue weighted by atomic mass is 9.88. The van der Waals surface area contributed by atoms with E-state index in [2.05, 4.69) is 25.4 Å². The van der Waals surface area contributed by atoms with E-state index >= 15 is 0 Å². The molecule has 1 fully saturated rings. The fourth-order valence-electron chi connectivity index (χ4n) is 2.96. The van der Waals surface area contributed by atoms with Crippen LogP contribution >= 0.6 is 0 Å². The Hall–Kier alpha value is -2.75. The summed E-state index contributed by atoms with van der Waals surface area (Å²) in [4.78, 5) is 14.8. The van der Waals surface area contributed by atoms with Crippen molar-refractivity contribution in [3.63, 3.8) is 0 Å². The van der Waals surface area contributed by atoms with E-state index in [4.69, 9.17) is 4.74 Å². The minimum absolute atomic E-state index is 0.119.